The second kappa shape index (κ2) is 4.79. The molecule has 0 saturated heterocycles. The van der Waals surface area contributed by atoms with Gasteiger partial charge in [0.25, 0.3) is 0 Å². The van der Waals surface area contributed by atoms with Gasteiger partial charge in [-0.05, 0) is 56.3 Å². The van der Waals surface area contributed by atoms with E-state index in [4.69, 9.17) is 10.00 Å². The van der Waals surface area contributed by atoms with Gasteiger partial charge in [-0.15, -0.1) is 0 Å². The number of amides is 1. The number of hydrogen-bond donors (Lipinski definition) is 0. The normalized spacial score (nSPS) is 39.1. The third-order valence-corrected chi connectivity index (χ3v) is 5.22. The molecule has 0 radical (unpaired) electrons. The molecule has 0 heterocycles. The molecule has 4 aliphatic rings. The van der Waals surface area contributed by atoms with Crippen LogP contribution in [0.25, 0.3) is 0 Å². The van der Waals surface area contributed by atoms with Crippen molar-refractivity contribution in [2.24, 2.45) is 17.8 Å². The van der Waals surface area contributed by atoms with Crippen LogP contribution in [0, 0.1) is 29.1 Å². The van der Waals surface area contributed by atoms with Crippen LogP contribution >= 0.6 is 0 Å². The predicted molar refractivity (Wildman–Crippen MR) is 70.1 cm³/mol. The Bertz CT molecular complexity index is 378. The zero-order chi connectivity index (χ0) is 13.5. The van der Waals surface area contributed by atoms with E-state index < -0.39 is 0 Å². The van der Waals surface area contributed by atoms with E-state index in [-0.39, 0.29) is 24.7 Å². The van der Waals surface area contributed by atoms with Crippen LogP contribution in [0.4, 0.5) is 0 Å². The summed E-state index contributed by atoms with van der Waals surface area (Å²) in [6.45, 7) is 0.285. The molecule has 19 heavy (non-hydrogen) atoms. The maximum Gasteiger partial charge on any atom is 0.249 e. The van der Waals surface area contributed by atoms with Crippen molar-refractivity contribution in [3.8, 4) is 6.07 Å². The second-order valence-corrected chi connectivity index (χ2v) is 6.80. The monoisotopic (exact) mass is 262 g/mol. The Kier molecular flexibility index (Phi) is 3.26. The molecular formula is C15H22N2O2. The quantitative estimate of drug-likeness (QED) is 0.728. The first-order chi connectivity index (χ1) is 9.10. The Morgan fingerprint density at radius 2 is 1.79 bits per heavy atom. The molecule has 4 bridgehead atoms. The number of hydrogen-bond acceptors (Lipinski definition) is 3. The van der Waals surface area contributed by atoms with Crippen molar-refractivity contribution in [2.45, 2.75) is 44.1 Å². The summed E-state index contributed by atoms with van der Waals surface area (Å²) in [5.41, 5.74) is -0.0160. The Morgan fingerprint density at radius 1 is 1.26 bits per heavy atom. The lowest BCUT2D eigenvalue weighted by atomic mass is 9.54. The molecule has 4 rings (SSSR count). The Labute approximate surface area is 114 Å². The molecular weight excluding hydrogens is 240 g/mol. The standard InChI is InChI=1S/C15H22N2O2/c1-17(3-2-16)14(18)10-19-15-7-11-4-12(8-15)6-13(5-11)9-15/h11-13H,3-10H2,1H3. The van der Waals surface area contributed by atoms with Gasteiger partial charge in [0, 0.05) is 7.05 Å². The van der Waals surface area contributed by atoms with Crippen molar-refractivity contribution >= 4 is 5.91 Å². The predicted octanol–water partition coefficient (Wildman–Crippen LogP) is 1.95. The van der Waals surface area contributed by atoms with Crippen molar-refractivity contribution in [2.75, 3.05) is 20.2 Å². The summed E-state index contributed by atoms with van der Waals surface area (Å²) in [5.74, 6) is 2.42. The van der Waals surface area contributed by atoms with Gasteiger partial charge in [-0.25, -0.2) is 0 Å². The van der Waals surface area contributed by atoms with Crippen LogP contribution in [-0.4, -0.2) is 36.6 Å². The van der Waals surface area contributed by atoms with E-state index in [9.17, 15) is 4.79 Å². The summed E-state index contributed by atoms with van der Waals surface area (Å²) < 4.78 is 6.07. The third kappa shape index (κ3) is 2.49. The first kappa shape index (κ1) is 12.9. The van der Waals surface area contributed by atoms with Gasteiger partial charge in [0.2, 0.25) is 5.91 Å². The van der Waals surface area contributed by atoms with Gasteiger partial charge in [-0.1, -0.05) is 0 Å². The van der Waals surface area contributed by atoms with E-state index in [1.165, 1.54) is 24.2 Å². The van der Waals surface area contributed by atoms with E-state index in [1.54, 1.807) is 7.05 Å². The minimum absolute atomic E-state index is 0.0160. The molecule has 0 aromatic carbocycles. The summed E-state index contributed by atoms with van der Waals surface area (Å²) >= 11 is 0. The summed E-state index contributed by atoms with van der Waals surface area (Å²) in [7, 11) is 1.66. The second-order valence-electron chi connectivity index (χ2n) is 6.80. The van der Waals surface area contributed by atoms with E-state index in [1.807, 2.05) is 6.07 Å². The molecule has 4 aliphatic carbocycles. The van der Waals surface area contributed by atoms with E-state index in [0.717, 1.165) is 37.0 Å². The molecule has 4 nitrogen and oxygen atoms in total. The molecule has 4 saturated carbocycles. The van der Waals surface area contributed by atoms with Gasteiger partial charge in [0.1, 0.15) is 13.2 Å². The molecule has 0 aromatic rings. The van der Waals surface area contributed by atoms with Gasteiger partial charge in [-0.2, -0.15) is 5.26 Å². The molecule has 0 unspecified atom stereocenters. The lowest BCUT2D eigenvalue weighted by Gasteiger charge is -2.56. The zero-order valence-corrected chi connectivity index (χ0v) is 11.6. The Morgan fingerprint density at radius 3 is 2.26 bits per heavy atom. The van der Waals surface area contributed by atoms with Crippen molar-refractivity contribution in [1.29, 1.82) is 5.26 Å². The lowest BCUT2D eigenvalue weighted by Crippen LogP contribution is -2.53. The fourth-order valence-electron chi connectivity index (χ4n) is 4.73. The summed E-state index contributed by atoms with van der Waals surface area (Å²) in [4.78, 5) is 13.3. The van der Waals surface area contributed by atoms with Gasteiger partial charge >= 0.3 is 0 Å². The highest BCUT2D eigenvalue weighted by Crippen LogP contribution is 2.57. The van der Waals surface area contributed by atoms with Gasteiger partial charge in [-0.3, -0.25) is 4.79 Å². The van der Waals surface area contributed by atoms with Crippen LogP contribution < -0.4 is 0 Å². The van der Waals surface area contributed by atoms with Crippen LogP contribution in [0.1, 0.15) is 38.5 Å². The minimum Gasteiger partial charge on any atom is -0.365 e. The maximum atomic E-state index is 11.9. The number of carbonyl (C=O) groups excluding carboxylic acids is 1. The zero-order valence-electron chi connectivity index (χ0n) is 11.6. The molecule has 4 heteroatoms. The van der Waals surface area contributed by atoms with Gasteiger partial charge in [0.05, 0.1) is 11.7 Å². The average molecular weight is 262 g/mol. The fourth-order valence-corrected chi connectivity index (χ4v) is 4.73. The van der Waals surface area contributed by atoms with Crippen molar-refractivity contribution in [3.05, 3.63) is 0 Å². The van der Waals surface area contributed by atoms with Gasteiger partial charge < -0.3 is 9.64 Å². The van der Waals surface area contributed by atoms with E-state index in [2.05, 4.69) is 0 Å². The maximum absolute atomic E-state index is 11.9. The molecule has 1 amide bonds. The lowest BCUT2D eigenvalue weighted by molar-refractivity contribution is -0.173. The number of rotatable bonds is 4. The van der Waals surface area contributed by atoms with Crippen molar-refractivity contribution in [1.82, 2.24) is 4.90 Å². The number of likely N-dealkylation sites (N-methyl/N-ethyl adjacent to an activating group) is 1. The van der Waals surface area contributed by atoms with Gasteiger partial charge in [0.15, 0.2) is 0 Å². The average Bonchev–Trinajstić information content (AvgIpc) is 2.34. The Balaban J connectivity index is 1.58. The highest BCUT2D eigenvalue weighted by molar-refractivity contribution is 5.77. The third-order valence-electron chi connectivity index (χ3n) is 5.22. The van der Waals surface area contributed by atoms with Crippen LogP contribution in [-0.2, 0) is 9.53 Å². The highest BCUT2D eigenvalue weighted by Gasteiger charge is 2.51. The van der Waals surface area contributed by atoms with E-state index >= 15 is 0 Å². The van der Waals surface area contributed by atoms with E-state index in [0.29, 0.717) is 0 Å². The first-order valence-corrected chi connectivity index (χ1v) is 7.35. The van der Waals surface area contributed by atoms with Crippen LogP contribution in [0.5, 0.6) is 0 Å². The van der Waals surface area contributed by atoms with Crippen LogP contribution in [0.15, 0.2) is 0 Å². The smallest absolute Gasteiger partial charge is 0.249 e. The van der Waals surface area contributed by atoms with Crippen molar-refractivity contribution < 1.29 is 9.53 Å². The molecule has 104 valence electrons. The molecule has 0 spiro atoms. The topological polar surface area (TPSA) is 53.3 Å². The number of carbonyl (C=O) groups is 1. The molecule has 0 aromatic heterocycles. The van der Waals surface area contributed by atoms with Crippen LogP contribution in [0.2, 0.25) is 0 Å². The summed E-state index contributed by atoms with van der Waals surface area (Å²) in [5, 5.41) is 8.60. The highest BCUT2D eigenvalue weighted by atomic mass is 16.5. The SMILES string of the molecule is CN(CC#N)C(=O)COC12CC3CC(CC(C3)C1)C2. The molecule has 0 atom stereocenters. The number of nitrogens with zero attached hydrogens (tertiary/aromatic N) is 2. The van der Waals surface area contributed by atoms with Crippen LogP contribution in [0.3, 0.4) is 0 Å². The number of ether oxygens (including phenoxy) is 1. The van der Waals surface area contributed by atoms with Crippen molar-refractivity contribution in [3.63, 3.8) is 0 Å². The Hall–Kier alpha value is -1.08. The minimum atomic E-state index is -0.0719. The first-order valence-electron chi connectivity index (χ1n) is 7.35. The number of nitriles is 1. The molecule has 4 fully saturated rings. The molecule has 0 N–H and O–H groups in total. The fraction of sp³-hybridized carbons (Fsp3) is 0.867. The molecule has 0 aliphatic heterocycles. The summed E-state index contributed by atoms with van der Waals surface area (Å²) in [6, 6.07) is 1.99. The largest absolute Gasteiger partial charge is 0.365 e. The summed E-state index contributed by atoms with van der Waals surface area (Å²) in [6.07, 6.45) is 7.58.